The molecular formula is C17H14ClN3. The summed E-state index contributed by atoms with van der Waals surface area (Å²) in [4.78, 5) is 4.55. The van der Waals surface area contributed by atoms with Crippen molar-refractivity contribution >= 4 is 17.2 Å². The Labute approximate surface area is 128 Å². The number of hydrogen-bond donors (Lipinski definition) is 0. The van der Waals surface area contributed by atoms with Gasteiger partial charge in [0.2, 0.25) is 0 Å². The van der Waals surface area contributed by atoms with Crippen molar-refractivity contribution in [2.45, 2.75) is 19.8 Å². The molecule has 3 nitrogen and oxygen atoms in total. The second-order valence-corrected chi connectivity index (χ2v) is 5.71. The fourth-order valence-corrected chi connectivity index (χ4v) is 2.51. The van der Waals surface area contributed by atoms with E-state index in [1.165, 1.54) is 5.56 Å². The Morgan fingerprint density at radius 1 is 1.14 bits per heavy atom. The molecule has 0 saturated heterocycles. The minimum atomic E-state index is 0.481. The molecule has 0 N–H and O–H groups in total. The SMILES string of the molecule is CC(C)c1ccc(-c2nc3ccc(Cl)cn3c2C#N)cc1. The van der Waals surface area contributed by atoms with Crippen molar-refractivity contribution in [3.8, 4) is 17.3 Å². The first-order chi connectivity index (χ1) is 10.1. The maximum Gasteiger partial charge on any atom is 0.152 e. The third-order valence-corrected chi connectivity index (χ3v) is 3.76. The van der Waals surface area contributed by atoms with E-state index in [4.69, 9.17) is 11.6 Å². The van der Waals surface area contributed by atoms with E-state index in [1.54, 1.807) is 16.7 Å². The van der Waals surface area contributed by atoms with Crippen molar-refractivity contribution < 1.29 is 0 Å². The minimum absolute atomic E-state index is 0.481. The van der Waals surface area contributed by atoms with Crippen LogP contribution in [0, 0.1) is 11.3 Å². The van der Waals surface area contributed by atoms with Crippen LogP contribution in [-0.2, 0) is 0 Å². The quantitative estimate of drug-likeness (QED) is 0.690. The summed E-state index contributed by atoms with van der Waals surface area (Å²) < 4.78 is 1.73. The van der Waals surface area contributed by atoms with Gasteiger partial charge in [-0.2, -0.15) is 5.26 Å². The Morgan fingerprint density at radius 3 is 2.48 bits per heavy atom. The third kappa shape index (κ3) is 2.39. The van der Waals surface area contributed by atoms with Crippen LogP contribution < -0.4 is 0 Å². The van der Waals surface area contributed by atoms with Gasteiger partial charge in [0.15, 0.2) is 5.69 Å². The van der Waals surface area contributed by atoms with Gasteiger partial charge in [-0.3, -0.25) is 4.40 Å². The lowest BCUT2D eigenvalue weighted by Crippen LogP contribution is -1.90. The van der Waals surface area contributed by atoms with Crippen molar-refractivity contribution in [2.24, 2.45) is 0 Å². The molecule has 3 aromatic rings. The number of nitrogens with zero attached hydrogens (tertiary/aromatic N) is 3. The van der Waals surface area contributed by atoms with Gasteiger partial charge < -0.3 is 0 Å². The standard InChI is InChI=1S/C17H14ClN3/c1-11(2)12-3-5-13(6-4-12)17-15(9-19)21-10-14(18)7-8-16(21)20-17/h3-8,10-11H,1-2H3. The Kier molecular flexibility index (Phi) is 3.40. The van der Waals surface area contributed by atoms with Crippen molar-refractivity contribution in [1.82, 2.24) is 9.38 Å². The summed E-state index contributed by atoms with van der Waals surface area (Å²) >= 11 is 6.00. The lowest BCUT2D eigenvalue weighted by Gasteiger charge is -2.05. The molecule has 2 heterocycles. The molecule has 4 heteroatoms. The van der Waals surface area contributed by atoms with E-state index in [9.17, 15) is 5.26 Å². The molecule has 0 spiro atoms. The molecule has 3 rings (SSSR count). The zero-order chi connectivity index (χ0) is 15.0. The number of hydrogen-bond acceptors (Lipinski definition) is 2. The van der Waals surface area contributed by atoms with E-state index >= 15 is 0 Å². The predicted octanol–water partition coefficient (Wildman–Crippen LogP) is 4.65. The molecular weight excluding hydrogens is 282 g/mol. The maximum atomic E-state index is 9.45. The normalized spacial score (nSPS) is 11.0. The molecule has 0 fully saturated rings. The predicted molar refractivity (Wildman–Crippen MR) is 84.4 cm³/mol. The number of rotatable bonds is 2. The minimum Gasteiger partial charge on any atom is -0.289 e. The van der Waals surface area contributed by atoms with Gasteiger partial charge in [0.05, 0.1) is 5.02 Å². The lowest BCUT2D eigenvalue weighted by atomic mass is 10.0. The van der Waals surface area contributed by atoms with Crippen LogP contribution in [0.5, 0.6) is 0 Å². The van der Waals surface area contributed by atoms with Crippen molar-refractivity contribution in [1.29, 1.82) is 5.26 Å². The summed E-state index contributed by atoms with van der Waals surface area (Å²) in [6, 6.07) is 14.0. The molecule has 0 unspecified atom stereocenters. The lowest BCUT2D eigenvalue weighted by molar-refractivity contribution is 0.867. The zero-order valence-electron chi connectivity index (χ0n) is 11.8. The van der Waals surface area contributed by atoms with Crippen molar-refractivity contribution in [2.75, 3.05) is 0 Å². The first-order valence-corrected chi connectivity index (χ1v) is 7.16. The molecule has 0 bridgehead atoms. The van der Waals surface area contributed by atoms with Crippen LogP contribution in [0.4, 0.5) is 0 Å². The van der Waals surface area contributed by atoms with Gasteiger partial charge in [0, 0.05) is 11.8 Å². The highest BCUT2D eigenvalue weighted by Gasteiger charge is 2.14. The Bertz CT molecular complexity index is 839. The fourth-order valence-electron chi connectivity index (χ4n) is 2.35. The highest BCUT2D eigenvalue weighted by Crippen LogP contribution is 2.26. The number of imidazole rings is 1. The van der Waals surface area contributed by atoms with E-state index in [2.05, 4.69) is 37.0 Å². The Balaban J connectivity index is 2.18. The van der Waals surface area contributed by atoms with Crippen LogP contribution in [0.2, 0.25) is 5.02 Å². The van der Waals surface area contributed by atoms with Crippen molar-refractivity contribution in [3.63, 3.8) is 0 Å². The second-order valence-electron chi connectivity index (χ2n) is 5.27. The van der Waals surface area contributed by atoms with Crippen LogP contribution in [0.1, 0.15) is 31.0 Å². The molecule has 0 atom stereocenters. The number of halogens is 1. The summed E-state index contributed by atoms with van der Waals surface area (Å²) in [5, 5.41) is 10.0. The van der Waals surface area contributed by atoms with E-state index in [0.717, 1.165) is 11.2 Å². The van der Waals surface area contributed by atoms with Gasteiger partial charge in [-0.15, -0.1) is 0 Å². The Morgan fingerprint density at radius 2 is 1.86 bits per heavy atom. The molecule has 0 aliphatic rings. The summed E-state index contributed by atoms with van der Waals surface area (Å²) in [6.45, 7) is 4.31. The highest BCUT2D eigenvalue weighted by molar-refractivity contribution is 6.30. The molecule has 0 amide bonds. The molecule has 0 aliphatic heterocycles. The Hall–Kier alpha value is -2.31. The number of aromatic nitrogens is 2. The summed E-state index contributed by atoms with van der Waals surface area (Å²) in [7, 11) is 0. The van der Waals surface area contributed by atoms with Gasteiger partial charge in [0.25, 0.3) is 0 Å². The highest BCUT2D eigenvalue weighted by atomic mass is 35.5. The van der Waals surface area contributed by atoms with Crippen molar-refractivity contribution in [3.05, 3.63) is 58.9 Å². The molecule has 1 aromatic carbocycles. The van der Waals surface area contributed by atoms with Crippen LogP contribution >= 0.6 is 11.6 Å². The molecule has 0 aliphatic carbocycles. The average molecular weight is 296 g/mol. The van der Waals surface area contributed by atoms with E-state index in [-0.39, 0.29) is 0 Å². The largest absolute Gasteiger partial charge is 0.289 e. The first kappa shape index (κ1) is 13.7. The third-order valence-electron chi connectivity index (χ3n) is 3.54. The number of pyridine rings is 1. The fraction of sp³-hybridized carbons (Fsp3) is 0.176. The second kappa shape index (κ2) is 5.23. The monoisotopic (exact) mass is 295 g/mol. The van der Waals surface area contributed by atoms with E-state index in [1.807, 2.05) is 18.2 Å². The molecule has 0 radical (unpaired) electrons. The van der Waals surface area contributed by atoms with Gasteiger partial charge in [-0.1, -0.05) is 49.7 Å². The average Bonchev–Trinajstić information content (AvgIpc) is 2.85. The number of benzene rings is 1. The summed E-state index contributed by atoms with van der Waals surface area (Å²) in [5.74, 6) is 0.481. The topological polar surface area (TPSA) is 41.1 Å². The van der Waals surface area contributed by atoms with Gasteiger partial charge in [0.1, 0.15) is 17.4 Å². The maximum absolute atomic E-state index is 9.45. The van der Waals surface area contributed by atoms with Gasteiger partial charge in [-0.25, -0.2) is 4.98 Å². The molecule has 104 valence electrons. The number of fused-ring (bicyclic) bond motifs is 1. The number of nitriles is 1. The molecule has 21 heavy (non-hydrogen) atoms. The van der Waals surface area contributed by atoms with Crippen LogP contribution in [0.3, 0.4) is 0 Å². The van der Waals surface area contributed by atoms with Crippen LogP contribution in [0.15, 0.2) is 42.6 Å². The van der Waals surface area contributed by atoms with Crippen LogP contribution in [-0.4, -0.2) is 9.38 Å². The summed E-state index contributed by atoms with van der Waals surface area (Å²) in [5.41, 5.74) is 4.12. The van der Waals surface area contributed by atoms with E-state index in [0.29, 0.717) is 22.3 Å². The van der Waals surface area contributed by atoms with E-state index < -0.39 is 0 Å². The molecule has 0 saturated carbocycles. The zero-order valence-corrected chi connectivity index (χ0v) is 12.6. The van der Waals surface area contributed by atoms with Gasteiger partial charge >= 0.3 is 0 Å². The van der Waals surface area contributed by atoms with Crippen LogP contribution in [0.25, 0.3) is 16.9 Å². The smallest absolute Gasteiger partial charge is 0.152 e. The summed E-state index contributed by atoms with van der Waals surface area (Å²) in [6.07, 6.45) is 1.72. The van der Waals surface area contributed by atoms with Gasteiger partial charge in [-0.05, 0) is 23.6 Å². The first-order valence-electron chi connectivity index (χ1n) is 6.78. The molecule has 2 aromatic heterocycles.